The highest BCUT2D eigenvalue weighted by atomic mass is 32.2. The predicted molar refractivity (Wildman–Crippen MR) is 118 cm³/mol. The summed E-state index contributed by atoms with van der Waals surface area (Å²) in [4.78, 5) is 17.6. The predicted octanol–water partition coefficient (Wildman–Crippen LogP) is 4.75. The van der Waals surface area contributed by atoms with E-state index in [1.807, 2.05) is 13.0 Å². The van der Waals surface area contributed by atoms with Crippen molar-refractivity contribution in [3.05, 3.63) is 41.1 Å². The highest BCUT2D eigenvalue weighted by Gasteiger charge is 2.20. The molecule has 1 aliphatic rings. The molecule has 2 aromatic rings. The van der Waals surface area contributed by atoms with Crippen LogP contribution >= 0.6 is 11.8 Å². The normalized spacial score (nSPS) is 14.5. The van der Waals surface area contributed by atoms with Crippen LogP contribution < -0.4 is 14.8 Å². The molecule has 1 heterocycles. The van der Waals surface area contributed by atoms with Gasteiger partial charge >= 0.3 is 0 Å². The van der Waals surface area contributed by atoms with E-state index in [2.05, 4.69) is 11.4 Å². The van der Waals surface area contributed by atoms with Gasteiger partial charge in [0.1, 0.15) is 22.6 Å². The van der Waals surface area contributed by atoms with Crippen molar-refractivity contribution in [2.24, 2.45) is 0 Å². The molecule has 1 aromatic heterocycles. The fourth-order valence-corrected chi connectivity index (χ4v) is 4.38. The number of thioether (sulfide) groups is 1. The second kappa shape index (κ2) is 10.4. The van der Waals surface area contributed by atoms with Gasteiger partial charge in [-0.15, -0.1) is 0 Å². The molecule has 1 unspecified atom stereocenters. The van der Waals surface area contributed by atoms with Crippen LogP contribution in [-0.4, -0.2) is 30.4 Å². The molecule has 1 aromatic carbocycles. The van der Waals surface area contributed by atoms with Crippen molar-refractivity contribution in [1.82, 2.24) is 4.98 Å². The monoisotopic (exact) mass is 425 g/mol. The average Bonchev–Trinajstić information content (AvgIpc) is 2.74. The summed E-state index contributed by atoms with van der Waals surface area (Å²) >= 11 is 1.32. The van der Waals surface area contributed by atoms with Gasteiger partial charge in [-0.2, -0.15) is 5.26 Å². The van der Waals surface area contributed by atoms with E-state index in [1.165, 1.54) is 30.2 Å². The van der Waals surface area contributed by atoms with E-state index >= 15 is 0 Å². The van der Waals surface area contributed by atoms with Crippen molar-refractivity contribution in [2.45, 2.75) is 55.7 Å². The maximum absolute atomic E-state index is 12.8. The molecule has 0 saturated heterocycles. The van der Waals surface area contributed by atoms with E-state index in [4.69, 9.17) is 14.5 Å². The van der Waals surface area contributed by atoms with E-state index in [-0.39, 0.29) is 5.91 Å². The van der Waals surface area contributed by atoms with Gasteiger partial charge in [0.05, 0.1) is 25.0 Å². The molecule has 0 spiro atoms. The Bertz CT molecular complexity index is 933. The van der Waals surface area contributed by atoms with E-state index in [0.717, 1.165) is 31.4 Å². The Kier molecular flexibility index (Phi) is 7.58. The summed E-state index contributed by atoms with van der Waals surface area (Å²) in [5.41, 5.74) is 3.38. The minimum Gasteiger partial charge on any atom is -0.497 e. The molecule has 158 valence electrons. The summed E-state index contributed by atoms with van der Waals surface area (Å²) < 4.78 is 10.5. The molecule has 7 heteroatoms. The lowest BCUT2D eigenvalue weighted by Crippen LogP contribution is -2.23. The summed E-state index contributed by atoms with van der Waals surface area (Å²) in [6, 6.07) is 9.44. The Hall–Kier alpha value is -2.72. The van der Waals surface area contributed by atoms with E-state index in [0.29, 0.717) is 27.8 Å². The number of hydrogen-bond acceptors (Lipinski definition) is 6. The summed E-state index contributed by atoms with van der Waals surface area (Å²) in [6.45, 7) is 1.82. The van der Waals surface area contributed by atoms with Crippen molar-refractivity contribution in [2.75, 3.05) is 19.5 Å². The summed E-state index contributed by atoms with van der Waals surface area (Å²) in [7, 11) is 3.13. The van der Waals surface area contributed by atoms with Crippen LogP contribution in [0.1, 0.15) is 49.4 Å². The van der Waals surface area contributed by atoms with Crippen molar-refractivity contribution >= 4 is 23.4 Å². The van der Waals surface area contributed by atoms with Crippen molar-refractivity contribution in [3.8, 4) is 17.6 Å². The van der Waals surface area contributed by atoms with Gasteiger partial charge in [-0.25, -0.2) is 4.98 Å². The molecule has 1 aliphatic carbocycles. The van der Waals surface area contributed by atoms with Gasteiger partial charge in [0.15, 0.2) is 0 Å². The third-order valence-electron chi connectivity index (χ3n) is 5.16. The lowest BCUT2D eigenvalue weighted by Gasteiger charge is -2.17. The Labute approximate surface area is 182 Å². The topological polar surface area (TPSA) is 84.2 Å². The zero-order valence-electron chi connectivity index (χ0n) is 17.7. The van der Waals surface area contributed by atoms with Crippen molar-refractivity contribution in [3.63, 3.8) is 0 Å². The van der Waals surface area contributed by atoms with Crippen LogP contribution in [0.2, 0.25) is 0 Å². The first-order chi connectivity index (χ1) is 14.5. The largest absolute Gasteiger partial charge is 0.497 e. The highest BCUT2D eigenvalue weighted by Crippen LogP contribution is 2.31. The van der Waals surface area contributed by atoms with Crippen LogP contribution in [0.15, 0.2) is 29.3 Å². The van der Waals surface area contributed by atoms with Crippen LogP contribution in [0.3, 0.4) is 0 Å². The number of carbonyl (C=O) groups excluding carboxylic acids is 1. The molecular weight excluding hydrogens is 398 g/mol. The number of anilines is 1. The first kappa shape index (κ1) is 22.0. The Morgan fingerprint density at radius 3 is 2.40 bits per heavy atom. The van der Waals surface area contributed by atoms with Crippen LogP contribution in [0.25, 0.3) is 0 Å². The number of pyridine rings is 1. The number of nitrogens with zero attached hydrogens (tertiary/aromatic N) is 2. The molecule has 0 fully saturated rings. The number of nitrogens with one attached hydrogen (secondary N) is 1. The van der Waals surface area contributed by atoms with Crippen molar-refractivity contribution < 1.29 is 14.3 Å². The van der Waals surface area contributed by atoms with E-state index < -0.39 is 5.25 Å². The van der Waals surface area contributed by atoms with Crippen LogP contribution in [0.4, 0.5) is 5.69 Å². The molecule has 1 amide bonds. The van der Waals surface area contributed by atoms with Gasteiger partial charge in [-0.05, 0) is 44.2 Å². The van der Waals surface area contributed by atoms with Crippen LogP contribution in [-0.2, 0) is 17.6 Å². The van der Waals surface area contributed by atoms with E-state index in [1.54, 1.807) is 32.4 Å². The fraction of sp³-hybridized carbons (Fsp3) is 0.435. The number of rotatable bonds is 6. The van der Waals surface area contributed by atoms with Gasteiger partial charge < -0.3 is 14.8 Å². The Morgan fingerprint density at radius 2 is 1.77 bits per heavy atom. The fourth-order valence-electron chi connectivity index (χ4n) is 3.48. The number of carbonyl (C=O) groups is 1. The lowest BCUT2D eigenvalue weighted by molar-refractivity contribution is -0.115. The second-order valence-corrected chi connectivity index (χ2v) is 8.65. The molecule has 0 aliphatic heterocycles. The minimum atomic E-state index is -0.423. The van der Waals surface area contributed by atoms with E-state index in [9.17, 15) is 10.1 Å². The SMILES string of the molecule is COc1cc(NC(=O)C(C)Sc2nc3c(cc2C#N)CCCCCC3)cc(OC)c1. The molecule has 1 N–H and O–H groups in total. The maximum atomic E-state index is 12.8. The number of fused-ring (bicyclic) bond motifs is 1. The van der Waals surface area contributed by atoms with Crippen LogP contribution in [0.5, 0.6) is 11.5 Å². The lowest BCUT2D eigenvalue weighted by atomic mass is 9.96. The van der Waals surface area contributed by atoms with Gasteiger partial charge in [0, 0.05) is 29.6 Å². The standard InChI is InChI=1S/C23H27N3O3S/c1-15(22(27)25-18-11-19(28-2)13-20(12-18)29-3)30-23-17(14-24)10-16-8-6-4-5-7-9-21(16)26-23/h10-13,15H,4-9H2,1-3H3,(H,25,27). The summed E-state index contributed by atoms with van der Waals surface area (Å²) in [5.74, 6) is 1.02. The zero-order chi connectivity index (χ0) is 21.5. The number of ether oxygens (including phenoxy) is 2. The number of aromatic nitrogens is 1. The van der Waals surface area contributed by atoms with Gasteiger partial charge in [-0.1, -0.05) is 24.6 Å². The maximum Gasteiger partial charge on any atom is 0.237 e. The summed E-state index contributed by atoms with van der Waals surface area (Å²) in [5, 5.41) is 12.7. The molecule has 0 saturated carbocycles. The van der Waals surface area contributed by atoms with Gasteiger partial charge in [0.25, 0.3) is 0 Å². The first-order valence-electron chi connectivity index (χ1n) is 10.2. The molecular formula is C23H27N3O3S. The third kappa shape index (κ3) is 5.45. The number of nitriles is 1. The second-order valence-electron chi connectivity index (χ2n) is 7.32. The van der Waals surface area contributed by atoms with Crippen molar-refractivity contribution in [1.29, 1.82) is 5.26 Å². The molecule has 0 bridgehead atoms. The molecule has 30 heavy (non-hydrogen) atoms. The quantitative estimate of drug-likeness (QED) is 0.673. The number of methoxy groups -OCH3 is 2. The van der Waals surface area contributed by atoms with Gasteiger partial charge in [0.2, 0.25) is 5.91 Å². The Balaban J connectivity index is 1.76. The minimum absolute atomic E-state index is 0.173. The molecule has 3 rings (SSSR count). The number of benzene rings is 1. The van der Waals surface area contributed by atoms with Crippen LogP contribution in [0, 0.1) is 11.3 Å². The number of hydrogen-bond donors (Lipinski definition) is 1. The van der Waals surface area contributed by atoms with Gasteiger partial charge in [-0.3, -0.25) is 4.79 Å². The number of amides is 1. The highest BCUT2D eigenvalue weighted by molar-refractivity contribution is 8.00. The number of aryl methyl sites for hydroxylation is 2. The molecule has 0 radical (unpaired) electrons. The average molecular weight is 426 g/mol. The first-order valence-corrected chi connectivity index (χ1v) is 11.1. The smallest absolute Gasteiger partial charge is 0.237 e. The molecule has 1 atom stereocenters. The third-order valence-corrected chi connectivity index (χ3v) is 6.27. The molecule has 6 nitrogen and oxygen atoms in total. The zero-order valence-corrected chi connectivity index (χ0v) is 18.5. The Morgan fingerprint density at radius 1 is 1.10 bits per heavy atom. The summed E-state index contributed by atoms with van der Waals surface area (Å²) in [6.07, 6.45) is 6.59.